The first kappa shape index (κ1) is 38.4. The van der Waals surface area contributed by atoms with Crippen molar-refractivity contribution in [1.29, 1.82) is 0 Å². The van der Waals surface area contributed by atoms with Crippen LogP contribution in [0.4, 0.5) is 0 Å². The number of hydrogen-bond acceptors (Lipinski definition) is 3. The van der Waals surface area contributed by atoms with E-state index in [2.05, 4.69) is 142 Å². The second kappa shape index (κ2) is 19.1. The molecule has 0 aliphatic rings. The SMILES string of the molecule is CCCC[N+](CCCC)(CCCC)Cc1cc(=O)oc2cc(OC)ccc12.c1ccc([B-](c2ccccc2)(c2ccccc2)c2ccccc2)cc1. The van der Waals surface area contributed by atoms with Gasteiger partial charge in [0, 0.05) is 23.1 Å². The molecule has 6 rings (SSSR count). The van der Waals surface area contributed by atoms with Gasteiger partial charge in [-0.25, -0.2) is 4.79 Å². The Morgan fingerprint density at radius 1 is 0.558 bits per heavy atom. The molecule has 0 unspecified atom stereocenters. The van der Waals surface area contributed by atoms with E-state index in [9.17, 15) is 4.79 Å². The molecule has 0 amide bonds. The van der Waals surface area contributed by atoms with Crippen molar-refractivity contribution in [2.75, 3.05) is 26.7 Å². The number of methoxy groups -OCH3 is 1. The van der Waals surface area contributed by atoms with E-state index in [0.29, 0.717) is 11.3 Å². The Kier molecular flexibility index (Phi) is 14.1. The molecular weight excluding hydrogens is 637 g/mol. The molecule has 52 heavy (non-hydrogen) atoms. The van der Waals surface area contributed by atoms with Crippen molar-refractivity contribution in [2.45, 2.75) is 65.8 Å². The van der Waals surface area contributed by atoms with Gasteiger partial charge >= 0.3 is 5.63 Å². The van der Waals surface area contributed by atoms with E-state index in [4.69, 9.17) is 9.15 Å². The zero-order chi connectivity index (χ0) is 36.7. The smallest absolute Gasteiger partial charge is 0.336 e. The van der Waals surface area contributed by atoms with Gasteiger partial charge in [0.15, 0.2) is 0 Å². The van der Waals surface area contributed by atoms with Crippen LogP contribution in [-0.4, -0.2) is 37.4 Å². The number of unbranched alkanes of at least 4 members (excludes halogenated alkanes) is 3. The fourth-order valence-corrected chi connectivity index (χ4v) is 8.00. The van der Waals surface area contributed by atoms with Crippen molar-refractivity contribution in [1.82, 2.24) is 0 Å². The summed E-state index contributed by atoms with van der Waals surface area (Å²) >= 11 is 0. The van der Waals surface area contributed by atoms with Crippen molar-refractivity contribution in [3.05, 3.63) is 162 Å². The lowest BCUT2D eigenvalue weighted by atomic mass is 9.13. The van der Waals surface area contributed by atoms with Crippen molar-refractivity contribution in [2.24, 2.45) is 0 Å². The number of fused-ring (bicyclic) bond motifs is 1. The van der Waals surface area contributed by atoms with E-state index in [-0.39, 0.29) is 5.63 Å². The summed E-state index contributed by atoms with van der Waals surface area (Å²) in [6, 6.07) is 51.0. The molecule has 0 aliphatic carbocycles. The lowest BCUT2D eigenvalue weighted by molar-refractivity contribution is -0.941. The molecule has 0 saturated heterocycles. The highest BCUT2D eigenvalue weighted by Crippen LogP contribution is 2.27. The predicted octanol–water partition coefficient (Wildman–Crippen LogP) is 8.58. The third-order valence-electron chi connectivity index (χ3n) is 10.7. The summed E-state index contributed by atoms with van der Waals surface area (Å²) in [6.07, 6.45) is 6.06. The zero-order valence-electron chi connectivity index (χ0n) is 31.7. The molecule has 270 valence electrons. The first-order chi connectivity index (χ1) is 25.5. The van der Waals surface area contributed by atoms with Crippen LogP contribution in [-0.2, 0) is 6.54 Å². The maximum Gasteiger partial charge on any atom is 0.336 e. The van der Waals surface area contributed by atoms with Gasteiger partial charge in [0.2, 0.25) is 0 Å². The highest BCUT2D eigenvalue weighted by atomic mass is 16.5. The number of ether oxygens (including phenoxy) is 1. The van der Waals surface area contributed by atoms with Gasteiger partial charge in [0.25, 0.3) is 0 Å². The summed E-state index contributed by atoms with van der Waals surface area (Å²) in [5.41, 5.74) is 6.81. The van der Waals surface area contributed by atoms with Gasteiger partial charge in [0.1, 0.15) is 24.0 Å². The predicted molar refractivity (Wildman–Crippen MR) is 222 cm³/mol. The van der Waals surface area contributed by atoms with Gasteiger partial charge in [-0.3, -0.25) is 0 Å². The molecule has 4 nitrogen and oxygen atoms in total. The maximum absolute atomic E-state index is 12.2. The third-order valence-corrected chi connectivity index (χ3v) is 10.7. The van der Waals surface area contributed by atoms with Gasteiger partial charge in [0.05, 0.1) is 26.7 Å². The highest BCUT2D eigenvalue weighted by molar-refractivity contribution is 7.19. The van der Waals surface area contributed by atoms with Crippen molar-refractivity contribution < 1.29 is 13.6 Å². The molecule has 0 atom stereocenters. The Morgan fingerprint density at radius 2 is 0.962 bits per heavy atom. The minimum absolute atomic E-state index is 0.273. The van der Waals surface area contributed by atoms with E-state index in [0.717, 1.165) is 22.0 Å². The largest absolute Gasteiger partial charge is 0.497 e. The Labute approximate surface area is 311 Å². The van der Waals surface area contributed by atoms with E-state index < -0.39 is 6.15 Å². The van der Waals surface area contributed by atoms with Crippen LogP contribution in [0.2, 0.25) is 0 Å². The molecule has 0 N–H and O–H groups in total. The molecule has 1 heterocycles. The summed E-state index contributed by atoms with van der Waals surface area (Å²) < 4.78 is 11.8. The number of nitrogens with zero attached hydrogens (tertiary/aromatic N) is 1. The average Bonchev–Trinajstić information content (AvgIpc) is 3.20. The monoisotopic (exact) mass is 693 g/mol. The molecule has 5 aromatic carbocycles. The van der Waals surface area contributed by atoms with Gasteiger partial charge < -0.3 is 13.6 Å². The first-order valence-corrected chi connectivity index (χ1v) is 19.3. The second-order valence-corrected chi connectivity index (χ2v) is 14.2. The van der Waals surface area contributed by atoms with Crippen molar-refractivity contribution in [3.8, 4) is 5.75 Å². The molecule has 0 fully saturated rings. The topological polar surface area (TPSA) is 39.4 Å². The zero-order valence-corrected chi connectivity index (χ0v) is 31.7. The Bertz CT molecular complexity index is 1790. The molecule has 0 saturated carbocycles. The van der Waals surface area contributed by atoms with E-state index in [1.165, 1.54) is 80.0 Å². The minimum Gasteiger partial charge on any atom is -0.497 e. The van der Waals surface area contributed by atoms with Crippen LogP contribution < -0.4 is 32.2 Å². The molecule has 6 aromatic rings. The highest BCUT2D eigenvalue weighted by Gasteiger charge is 2.31. The van der Waals surface area contributed by atoms with E-state index in [1.54, 1.807) is 13.2 Å². The van der Waals surface area contributed by atoms with E-state index in [1.807, 2.05) is 18.2 Å². The number of benzene rings is 5. The number of quaternary nitrogens is 1. The fourth-order valence-electron chi connectivity index (χ4n) is 8.00. The van der Waals surface area contributed by atoms with E-state index >= 15 is 0 Å². The summed E-state index contributed by atoms with van der Waals surface area (Å²) in [4.78, 5) is 12.2. The van der Waals surface area contributed by atoms with Crippen LogP contribution in [0.3, 0.4) is 0 Å². The molecule has 0 radical (unpaired) electrons. The molecule has 0 spiro atoms. The Hall–Kier alpha value is -4.87. The number of hydrogen-bond donors (Lipinski definition) is 0. The molecule has 1 aromatic heterocycles. The number of rotatable bonds is 16. The fraction of sp³-hybridized carbons (Fsp3) is 0.298. The standard InChI is InChI=1S/C24H20B.C23H36NO3/c1-5-13-21(14-6-1)25(22-15-7-2-8-16-22,23-17-9-3-10-18-23)24-19-11-4-12-20-24;1-5-8-13-24(14-9-6-2,15-10-7-3)18-19-16-23(25)27-22-17-20(26-4)11-12-21(19)22/h1-20H;11-12,16-17H,5-10,13-15,18H2,1-4H3/q-1;+1. The second-order valence-electron chi connectivity index (χ2n) is 14.2. The molecule has 0 aliphatic heterocycles. The van der Waals surface area contributed by atoms with Crippen LogP contribution in [0.25, 0.3) is 11.0 Å². The molecule has 0 bridgehead atoms. The summed E-state index contributed by atoms with van der Waals surface area (Å²) in [5, 5.41) is 1.03. The van der Waals surface area contributed by atoms with Crippen LogP contribution in [0, 0.1) is 0 Å². The van der Waals surface area contributed by atoms with Gasteiger partial charge in [-0.1, -0.05) is 161 Å². The quantitative estimate of drug-likeness (QED) is 0.0580. The summed E-state index contributed by atoms with van der Waals surface area (Å²) in [6.45, 7) is 11.2. The Morgan fingerprint density at radius 3 is 1.33 bits per heavy atom. The van der Waals surface area contributed by atoms with Gasteiger partial charge in [-0.2, -0.15) is 21.9 Å². The lowest BCUT2D eigenvalue weighted by Gasteiger charge is -2.44. The van der Waals surface area contributed by atoms with Gasteiger partial charge in [-0.05, 0) is 31.4 Å². The third kappa shape index (κ3) is 9.13. The Balaban J connectivity index is 0.000000201. The minimum atomic E-state index is -1.22. The van der Waals surface area contributed by atoms with Crippen LogP contribution in [0.5, 0.6) is 5.75 Å². The molecular formula is C47H56BNO3. The van der Waals surface area contributed by atoms with Crippen LogP contribution >= 0.6 is 0 Å². The summed E-state index contributed by atoms with van der Waals surface area (Å²) in [7, 11) is 1.63. The lowest BCUT2D eigenvalue weighted by Crippen LogP contribution is -2.74. The van der Waals surface area contributed by atoms with Crippen molar-refractivity contribution >= 4 is 39.0 Å². The van der Waals surface area contributed by atoms with Crippen molar-refractivity contribution in [3.63, 3.8) is 0 Å². The maximum atomic E-state index is 12.2. The summed E-state index contributed by atoms with van der Waals surface area (Å²) in [5.74, 6) is 0.714. The van der Waals surface area contributed by atoms with Gasteiger partial charge in [-0.15, -0.1) is 0 Å². The average molecular weight is 694 g/mol. The first-order valence-electron chi connectivity index (χ1n) is 19.3. The normalized spacial score (nSPS) is 11.5. The van der Waals surface area contributed by atoms with Crippen LogP contribution in [0.1, 0.15) is 64.9 Å². The molecule has 5 heteroatoms. The van der Waals surface area contributed by atoms with Crippen LogP contribution in [0.15, 0.2) is 155 Å².